The molecule has 188 valence electrons. The molecule has 4 fully saturated rings. The van der Waals surface area contributed by atoms with Crippen molar-refractivity contribution < 1.29 is 8.78 Å². The number of H-pyrrole nitrogens is 1. The van der Waals surface area contributed by atoms with E-state index in [9.17, 15) is 4.39 Å². The summed E-state index contributed by atoms with van der Waals surface area (Å²) in [6.07, 6.45) is 5.13. The number of nitrogens with zero attached hydrogens (tertiary/aromatic N) is 2. The summed E-state index contributed by atoms with van der Waals surface area (Å²) in [7, 11) is 0. The second-order valence-electron chi connectivity index (χ2n) is 12.1. The van der Waals surface area contributed by atoms with Crippen molar-refractivity contribution in [3.63, 3.8) is 0 Å². The van der Waals surface area contributed by atoms with Crippen LogP contribution in [0, 0.1) is 11.7 Å². The number of anilines is 1. The van der Waals surface area contributed by atoms with Crippen LogP contribution in [0.5, 0.6) is 0 Å². The van der Waals surface area contributed by atoms with Gasteiger partial charge in [0.2, 0.25) is 0 Å². The highest BCUT2D eigenvalue weighted by molar-refractivity contribution is 5.85. The van der Waals surface area contributed by atoms with Gasteiger partial charge in [0.25, 0.3) is 0 Å². The molecule has 6 aliphatic rings. The van der Waals surface area contributed by atoms with Crippen LogP contribution in [0.4, 0.5) is 14.5 Å². The van der Waals surface area contributed by atoms with Crippen LogP contribution in [-0.2, 0) is 6.42 Å². The Bertz CT molecular complexity index is 1360. The molecule has 0 radical (unpaired) electrons. The first-order valence-corrected chi connectivity index (χ1v) is 13.8. The van der Waals surface area contributed by atoms with Gasteiger partial charge < -0.3 is 15.2 Å². The van der Waals surface area contributed by atoms with E-state index in [1.807, 2.05) is 0 Å². The van der Waals surface area contributed by atoms with Gasteiger partial charge in [-0.3, -0.25) is 9.29 Å². The Hall–Kier alpha value is -2.44. The number of benzene rings is 2. The number of hydrogen-bond acceptors (Lipinski definition) is 3. The second kappa shape index (κ2) is 7.55. The van der Waals surface area contributed by atoms with Crippen molar-refractivity contribution in [3.8, 4) is 0 Å². The topological polar surface area (TPSA) is 34.3 Å². The normalized spacial score (nSPS) is 34.4. The molecule has 1 aromatic heterocycles. The summed E-state index contributed by atoms with van der Waals surface area (Å²) in [5, 5.41) is 4.94. The highest BCUT2D eigenvalue weighted by atomic mass is 19.1. The van der Waals surface area contributed by atoms with E-state index in [4.69, 9.17) is 0 Å². The summed E-state index contributed by atoms with van der Waals surface area (Å²) in [6, 6.07) is 13.2. The van der Waals surface area contributed by atoms with E-state index in [1.165, 1.54) is 35.0 Å². The molecule has 4 heterocycles. The van der Waals surface area contributed by atoms with Crippen molar-refractivity contribution in [1.29, 1.82) is 0 Å². The van der Waals surface area contributed by atoms with Crippen molar-refractivity contribution in [2.24, 2.45) is 5.92 Å². The number of likely N-dealkylation sites (tertiary alicyclic amines) is 1. The van der Waals surface area contributed by atoms with Gasteiger partial charge in [-0.25, -0.2) is 4.39 Å². The van der Waals surface area contributed by atoms with E-state index in [0.717, 1.165) is 49.2 Å². The van der Waals surface area contributed by atoms with Gasteiger partial charge >= 0.3 is 0 Å². The fourth-order valence-corrected chi connectivity index (χ4v) is 8.75. The summed E-state index contributed by atoms with van der Waals surface area (Å²) in [4.78, 5) is 8.76. The molecule has 3 aromatic rings. The van der Waals surface area contributed by atoms with E-state index in [1.54, 1.807) is 6.07 Å². The molecule has 36 heavy (non-hydrogen) atoms. The van der Waals surface area contributed by atoms with Crippen LogP contribution >= 0.6 is 0 Å². The van der Waals surface area contributed by atoms with E-state index >= 15 is 4.39 Å². The van der Waals surface area contributed by atoms with E-state index < -0.39 is 0 Å². The van der Waals surface area contributed by atoms with Crippen LogP contribution < -0.4 is 5.32 Å². The van der Waals surface area contributed by atoms with Gasteiger partial charge in [0.1, 0.15) is 5.82 Å². The SMILES string of the molecule is C[C@@H]1Cc2c([nH]c3ccccc23)[C@H]2c3c(F)cc(N[C@H]4CCN(CCCF)C4)cc3C3C4CC3(C4)N21. The lowest BCUT2D eigenvalue weighted by atomic mass is 9.37. The summed E-state index contributed by atoms with van der Waals surface area (Å²) >= 11 is 0. The Kier molecular flexibility index (Phi) is 4.53. The summed E-state index contributed by atoms with van der Waals surface area (Å²) < 4.78 is 28.8. The number of para-hydroxylation sites is 1. The highest BCUT2D eigenvalue weighted by Gasteiger charge is 2.73. The maximum Gasteiger partial charge on any atom is 0.130 e. The molecule has 4 nitrogen and oxygen atoms in total. The second-order valence-corrected chi connectivity index (χ2v) is 12.1. The molecule has 3 aliphatic carbocycles. The fraction of sp³-hybridized carbons (Fsp3) is 0.533. The number of hydrogen-bond donors (Lipinski definition) is 2. The number of aromatic amines is 1. The third-order valence-corrected chi connectivity index (χ3v) is 10.2. The van der Waals surface area contributed by atoms with Crippen LogP contribution in [-0.4, -0.2) is 58.7 Å². The molecular weight excluding hydrogens is 454 g/mol. The molecule has 3 aliphatic heterocycles. The lowest BCUT2D eigenvalue weighted by Gasteiger charge is -2.77. The third-order valence-electron chi connectivity index (χ3n) is 10.2. The molecular formula is C30H34F2N4. The number of aromatic nitrogens is 1. The fourth-order valence-electron chi connectivity index (χ4n) is 8.75. The van der Waals surface area contributed by atoms with Crippen LogP contribution in [0.15, 0.2) is 36.4 Å². The maximum absolute atomic E-state index is 16.2. The van der Waals surface area contributed by atoms with E-state index in [-0.39, 0.29) is 24.1 Å². The number of halogens is 2. The maximum atomic E-state index is 16.2. The molecule has 2 bridgehead atoms. The Balaban J connectivity index is 1.20. The Morgan fingerprint density at radius 2 is 2.06 bits per heavy atom. The lowest BCUT2D eigenvalue weighted by Crippen LogP contribution is -2.78. The molecule has 3 saturated carbocycles. The first kappa shape index (κ1) is 21.6. The molecule has 2 N–H and O–H groups in total. The van der Waals surface area contributed by atoms with Gasteiger partial charge in [0.15, 0.2) is 0 Å². The van der Waals surface area contributed by atoms with E-state index in [2.05, 4.69) is 57.4 Å². The molecule has 4 atom stereocenters. The molecule has 1 spiro atoms. The largest absolute Gasteiger partial charge is 0.381 e. The number of nitrogens with one attached hydrogen (secondary N) is 2. The van der Waals surface area contributed by atoms with Gasteiger partial charge in [-0.05, 0) is 74.3 Å². The predicted molar refractivity (Wildman–Crippen MR) is 139 cm³/mol. The van der Waals surface area contributed by atoms with Crippen molar-refractivity contribution in [2.75, 3.05) is 31.6 Å². The van der Waals surface area contributed by atoms with Gasteiger partial charge in [-0.2, -0.15) is 0 Å². The smallest absolute Gasteiger partial charge is 0.130 e. The van der Waals surface area contributed by atoms with Crippen molar-refractivity contribution in [2.45, 2.75) is 68.6 Å². The third kappa shape index (κ3) is 2.75. The van der Waals surface area contributed by atoms with Gasteiger partial charge in [0.05, 0.1) is 12.7 Å². The Morgan fingerprint density at radius 3 is 2.86 bits per heavy atom. The molecule has 6 heteroatoms. The molecule has 0 amide bonds. The summed E-state index contributed by atoms with van der Waals surface area (Å²) in [5.74, 6) is 1.08. The Morgan fingerprint density at radius 1 is 1.19 bits per heavy atom. The number of rotatable bonds is 5. The molecule has 1 unspecified atom stereocenters. The van der Waals surface area contributed by atoms with Crippen LogP contribution in [0.3, 0.4) is 0 Å². The van der Waals surface area contributed by atoms with Gasteiger partial charge in [-0.1, -0.05) is 18.2 Å². The molecule has 9 rings (SSSR count). The number of fused-ring (bicyclic) bond motifs is 7. The quantitative estimate of drug-likeness (QED) is 0.480. The molecule has 2 aromatic carbocycles. The Labute approximate surface area is 211 Å². The standard InChI is InChI=1S/C30H34F2N4/c1-17-11-22-21-5-2-3-6-25(21)34-28(22)29-26-23(27-18-14-30(27,15-18)36(17)29)12-20(13-24(26)32)33-19-7-10-35(16-19)9-4-8-31/h2-3,5-6,12-13,17-19,27,29,33-34H,4,7-11,14-16H2,1H3/t17-,18?,19+,27?,29-,30?/m1/s1. The minimum Gasteiger partial charge on any atom is -0.381 e. The monoisotopic (exact) mass is 488 g/mol. The average Bonchev–Trinajstić information content (AvgIpc) is 3.41. The van der Waals surface area contributed by atoms with Crippen molar-refractivity contribution in [3.05, 3.63) is 64.6 Å². The molecule has 1 saturated heterocycles. The summed E-state index contributed by atoms with van der Waals surface area (Å²) in [6.45, 7) is 4.78. The van der Waals surface area contributed by atoms with Gasteiger partial charge in [0, 0.05) is 71.0 Å². The summed E-state index contributed by atoms with van der Waals surface area (Å²) in [5.41, 5.74) is 6.99. The van der Waals surface area contributed by atoms with Gasteiger partial charge in [-0.15, -0.1) is 0 Å². The van der Waals surface area contributed by atoms with Crippen LogP contribution in [0.1, 0.15) is 67.0 Å². The first-order valence-electron chi connectivity index (χ1n) is 13.8. The lowest BCUT2D eigenvalue weighted by molar-refractivity contribution is -0.209. The minimum atomic E-state index is -0.260. The zero-order valence-electron chi connectivity index (χ0n) is 20.9. The van der Waals surface area contributed by atoms with E-state index in [0.29, 0.717) is 30.3 Å². The van der Waals surface area contributed by atoms with Crippen LogP contribution in [0.2, 0.25) is 0 Å². The number of alkyl halides is 1. The highest BCUT2D eigenvalue weighted by Crippen LogP contribution is 2.75. The van der Waals surface area contributed by atoms with Crippen molar-refractivity contribution in [1.82, 2.24) is 14.8 Å². The first-order chi connectivity index (χ1) is 17.6. The average molecular weight is 489 g/mol. The zero-order chi connectivity index (χ0) is 24.2. The minimum absolute atomic E-state index is 0.0413. The zero-order valence-corrected chi connectivity index (χ0v) is 20.9. The van der Waals surface area contributed by atoms with Crippen LogP contribution in [0.25, 0.3) is 10.9 Å². The predicted octanol–water partition coefficient (Wildman–Crippen LogP) is 5.75. The van der Waals surface area contributed by atoms with Crippen molar-refractivity contribution >= 4 is 16.6 Å².